The van der Waals surface area contributed by atoms with E-state index in [4.69, 9.17) is 4.74 Å². The Balaban J connectivity index is 1.81. The number of hydrogen-bond donors (Lipinski definition) is 2. The van der Waals surface area contributed by atoms with Crippen LogP contribution in [-0.2, 0) is 10.0 Å². The number of benzene rings is 3. The lowest BCUT2D eigenvalue weighted by molar-refractivity contribution is 0.102. The third-order valence-corrected chi connectivity index (χ3v) is 5.63. The van der Waals surface area contributed by atoms with Crippen molar-refractivity contribution in [3.05, 3.63) is 96.6 Å². The van der Waals surface area contributed by atoms with Crippen LogP contribution in [0.2, 0.25) is 0 Å². The molecule has 0 aliphatic heterocycles. The zero-order valence-electron chi connectivity index (χ0n) is 16.5. The molecule has 2 N–H and O–H groups in total. The molecule has 154 valence electrons. The van der Waals surface area contributed by atoms with E-state index in [0.717, 1.165) is 5.56 Å². The Bertz CT molecular complexity index is 1160. The molecule has 0 bridgehead atoms. The third-order valence-electron chi connectivity index (χ3n) is 4.21. The first-order valence-corrected chi connectivity index (χ1v) is 10.7. The SMILES string of the molecule is C=CCNS(=O)(=O)c1cccc(C(=O)Nc2ccccc2Oc2ccc(C)cc2)c1. The Morgan fingerprint density at radius 1 is 1.03 bits per heavy atom. The molecule has 0 aliphatic carbocycles. The zero-order chi connectivity index (χ0) is 21.6. The fraction of sp³-hybridized carbons (Fsp3) is 0.0870. The first kappa shape index (κ1) is 21.3. The third kappa shape index (κ3) is 5.34. The molecule has 1 amide bonds. The number of sulfonamides is 1. The summed E-state index contributed by atoms with van der Waals surface area (Å²) in [5.74, 6) is 0.672. The van der Waals surface area contributed by atoms with E-state index in [1.807, 2.05) is 31.2 Å². The highest BCUT2D eigenvalue weighted by Crippen LogP contribution is 2.30. The van der Waals surface area contributed by atoms with E-state index in [9.17, 15) is 13.2 Å². The van der Waals surface area contributed by atoms with Crippen LogP contribution in [0, 0.1) is 6.92 Å². The number of aryl methyl sites for hydroxylation is 1. The minimum absolute atomic E-state index is 0.00110. The smallest absolute Gasteiger partial charge is 0.255 e. The van der Waals surface area contributed by atoms with Gasteiger partial charge in [-0.15, -0.1) is 6.58 Å². The van der Waals surface area contributed by atoms with Gasteiger partial charge in [0.05, 0.1) is 10.6 Å². The summed E-state index contributed by atoms with van der Waals surface area (Å²) in [7, 11) is -3.73. The summed E-state index contributed by atoms with van der Waals surface area (Å²) in [5.41, 5.74) is 1.80. The predicted molar refractivity (Wildman–Crippen MR) is 117 cm³/mol. The van der Waals surface area contributed by atoms with Crippen molar-refractivity contribution in [1.82, 2.24) is 4.72 Å². The molecule has 0 aromatic heterocycles. The van der Waals surface area contributed by atoms with Crippen molar-refractivity contribution in [1.29, 1.82) is 0 Å². The van der Waals surface area contributed by atoms with Crippen molar-refractivity contribution in [3.8, 4) is 11.5 Å². The maximum absolute atomic E-state index is 12.8. The number of amides is 1. The lowest BCUT2D eigenvalue weighted by Crippen LogP contribution is -2.24. The average molecular weight is 423 g/mol. The van der Waals surface area contributed by atoms with Gasteiger partial charge in [-0.05, 0) is 49.4 Å². The Labute approximate surface area is 176 Å². The molecule has 0 radical (unpaired) electrons. The van der Waals surface area contributed by atoms with Gasteiger partial charge < -0.3 is 10.1 Å². The highest BCUT2D eigenvalue weighted by Gasteiger charge is 2.16. The topological polar surface area (TPSA) is 84.5 Å². The predicted octanol–water partition coefficient (Wildman–Crippen LogP) is 4.50. The summed E-state index contributed by atoms with van der Waals surface area (Å²) >= 11 is 0. The number of rotatable bonds is 8. The van der Waals surface area contributed by atoms with E-state index >= 15 is 0 Å². The van der Waals surface area contributed by atoms with Crippen LogP contribution in [0.3, 0.4) is 0 Å². The number of anilines is 1. The van der Waals surface area contributed by atoms with Gasteiger partial charge in [0.15, 0.2) is 5.75 Å². The van der Waals surface area contributed by atoms with Crippen molar-refractivity contribution in [2.75, 3.05) is 11.9 Å². The lowest BCUT2D eigenvalue weighted by atomic mass is 10.2. The van der Waals surface area contributed by atoms with Gasteiger partial charge in [0, 0.05) is 12.1 Å². The van der Waals surface area contributed by atoms with E-state index in [1.54, 1.807) is 30.3 Å². The molecule has 0 atom stereocenters. The molecule has 0 saturated heterocycles. The van der Waals surface area contributed by atoms with Crippen molar-refractivity contribution in [2.24, 2.45) is 0 Å². The highest BCUT2D eigenvalue weighted by molar-refractivity contribution is 7.89. The van der Waals surface area contributed by atoms with E-state index in [2.05, 4.69) is 16.6 Å². The lowest BCUT2D eigenvalue weighted by Gasteiger charge is -2.13. The number of nitrogens with one attached hydrogen (secondary N) is 2. The quantitative estimate of drug-likeness (QED) is 0.524. The molecule has 30 heavy (non-hydrogen) atoms. The Kier molecular flexibility index (Phi) is 6.66. The number of hydrogen-bond acceptors (Lipinski definition) is 4. The number of carbonyl (C=O) groups is 1. The molecule has 7 heteroatoms. The summed E-state index contributed by atoms with van der Waals surface area (Å²) < 4.78 is 32.9. The van der Waals surface area contributed by atoms with Crippen molar-refractivity contribution < 1.29 is 17.9 Å². The summed E-state index contributed by atoms with van der Waals surface area (Å²) in [6, 6.07) is 20.4. The van der Waals surface area contributed by atoms with E-state index in [1.165, 1.54) is 24.3 Å². The molecular formula is C23H22N2O4S. The van der Waals surface area contributed by atoms with Gasteiger partial charge in [0.25, 0.3) is 5.91 Å². The summed E-state index contributed by atoms with van der Waals surface area (Å²) in [6.07, 6.45) is 1.44. The second-order valence-corrected chi connectivity index (χ2v) is 8.30. The summed E-state index contributed by atoms with van der Waals surface area (Å²) in [4.78, 5) is 12.8. The second kappa shape index (κ2) is 9.39. The standard InChI is InChI=1S/C23H22N2O4S/c1-3-15-24-30(27,28)20-8-6-7-18(16-20)23(26)25-21-9-4-5-10-22(21)29-19-13-11-17(2)12-14-19/h3-14,16,24H,1,15H2,2H3,(H,25,26). The van der Waals surface area contributed by atoms with Crippen molar-refractivity contribution in [3.63, 3.8) is 0 Å². The first-order chi connectivity index (χ1) is 14.4. The van der Waals surface area contributed by atoms with Gasteiger partial charge >= 0.3 is 0 Å². The van der Waals surface area contributed by atoms with Crippen molar-refractivity contribution >= 4 is 21.6 Å². The van der Waals surface area contributed by atoms with E-state index in [0.29, 0.717) is 17.2 Å². The molecule has 3 aromatic carbocycles. The molecule has 3 aromatic rings. The molecule has 0 saturated carbocycles. The molecule has 3 rings (SSSR count). The van der Waals surface area contributed by atoms with E-state index < -0.39 is 15.9 Å². The van der Waals surface area contributed by atoms with Gasteiger partial charge in [0.2, 0.25) is 10.0 Å². The van der Waals surface area contributed by atoms with Crippen LogP contribution in [0.4, 0.5) is 5.69 Å². The maximum Gasteiger partial charge on any atom is 0.255 e. The fourth-order valence-corrected chi connectivity index (χ4v) is 3.69. The van der Waals surface area contributed by atoms with Gasteiger partial charge in [0.1, 0.15) is 5.75 Å². The number of carbonyl (C=O) groups excluding carboxylic acids is 1. The van der Waals surface area contributed by atoms with E-state index in [-0.39, 0.29) is 17.0 Å². The zero-order valence-corrected chi connectivity index (χ0v) is 17.3. The number of ether oxygens (including phenoxy) is 1. The maximum atomic E-state index is 12.8. The molecule has 0 heterocycles. The van der Waals surface area contributed by atoms with Gasteiger partial charge in [-0.2, -0.15) is 0 Å². The van der Waals surface area contributed by atoms with Crippen LogP contribution >= 0.6 is 0 Å². The Hall–Kier alpha value is -3.42. The highest BCUT2D eigenvalue weighted by atomic mass is 32.2. The molecule has 0 spiro atoms. The summed E-state index contributed by atoms with van der Waals surface area (Å²) in [5, 5.41) is 2.78. The second-order valence-electron chi connectivity index (χ2n) is 6.53. The Morgan fingerprint density at radius 2 is 1.77 bits per heavy atom. The van der Waals surface area contributed by atoms with Crippen LogP contribution < -0.4 is 14.8 Å². The molecular weight excluding hydrogens is 400 g/mol. The monoisotopic (exact) mass is 422 g/mol. The first-order valence-electron chi connectivity index (χ1n) is 9.24. The van der Waals surface area contributed by atoms with Crippen LogP contribution in [0.25, 0.3) is 0 Å². The van der Waals surface area contributed by atoms with Gasteiger partial charge in [-0.3, -0.25) is 4.79 Å². The summed E-state index contributed by atoms with van der Waals surface area (Å²) in [6.45, 7) is 5.57. The van der Waals surface area contributed by atoms with Crippen molar-refractivity contribution in [2.45, 2.75) is 11.8 Å². The normalized spacial score (nSPS) is 11.0. The van der Waals surface area contributed by atoms with Crippen LogP contribution in [0.5, 0.6) is 11.5 Å². The minimum atomic E-state index is -3.73. The van der Waals surface area contributed by atoms with Gasteiger partial charge in [-0.1, -0.05) is 42.0 Å². The molecule has 0 fully saturated rings. The molecule has 6 nitrogen and oxygen atoms in total. The minimum Gasteiger partial charge on any atom is -0.455 e. The number of para-hydroxylation sites is 2. The largest absolute Gasteiger partial charge is 0.455 e. The van der Waals surface area contributed by atoms with Crippen LogP contribution in [-0.4, -0.2) is 20.9 Å². The Morgan fingerprint density at radius 3 is 2.50 bits per heavy atom. The molecule has 0 unspecified atom stereocenters. The average Bonchev–Trinajstić information content (AvgIpc) is 2.75. The fourth-order valence-electron chi connectivity index (χ4n) is 2.64. The van der Waals surface area contributed by atoms with Gasteiger partial charge in [-0.25, -0.2) is 13.1 Å². The van der Waals surface area contributed by atoms with Crippen LogP contribution in [0.1, 0.15) is 15.9 Å². The molecule has 0 aliphatic rings. The van der Waals surface area contributed by atoms with Crippen LogP contribution in [0.15, 0.2) is 90.3 Å².